The van der Waals surface area contributed by atoms with Gasteiger partial charge in [-0.2, -0.15) is 0 Å². The fraction of sp³-hybridized carbons (Fsp3) is 0.364. The molecule has 0 fully saturated rings. The molecule has 0 amide bonds. The van der Waals surface area contributed by atoms with Gasteiger partial charge in [0.25, 0.3) is 0 Å². The van der Waals surface area contributed by atoms with Gasteiger partial charge in [-0.15, -0.1) is 0 Å². The molecule has 3 N–H and O–H groups in total. The summed E-state index contributed by atoms with van der Waals surface area (Å²) >= 11 is 0. The summed E-state index contributed by atoms with van der Waals surface area (Å²) in [6, 6.07) is 2.94. The summed E-state index contributed by atoms with van der Waals surface area (Å²) in [5.41, 5.74) is 6.73. The first kappa shape index (κ1) is 10.8. The van der Waals surface area contributed by atoms with Crippen molar-refractivity contribution in [2.24, 2.45) is 5.73 Å². The van der Waals surface area contributed by atoms with Gasteiger partial charge in [-0.05, 0) is 6.07 Å². The highest BCUT2D eigenvalue weighted by molar-refractivity contribution is 5.91. The predicted molar refractivity (Wildman–Crippen MR) is 57.0 cm³/mol. The minimum atomic E-state index is -1.03. The quantitative estimate of drug-likeness (QED) is 0.786. The first-order chi connectivity index (χ1) is 7.63. The lowest BCUT2D eigenvalue weighted by molar-refractivity contribution is 0.0693. The zero-order valence-corrected chi connectivity index (χ0v) is 8.90. The van der Waals surface area contributed by atoms with Gasteiger partial charge in [0.15, 0.2) is 0 Å². The number of carboxylic acids is 1. The number of carbonyl (C=O) groups is 1. The third-order valence-corrected chi connectivity index (χ3v) is 2.65. The molecule has 5 nitrogen and oxygen atoms in total. The lowest BCUT2D eigenvalue weighted by Crippen LogP contribution is -2.21. The standard InChI is InChI=1S/C11H13NO4/c1-15-9-5-10-6(4-7(9)11(13)14)8(12)2-3-16-10/h4-5,8H,2-3,12H2,1H3,(H,13,14)/t8-/m1/s1. The van der Waals surface area contributed by atoms with Crippen LogP contribution >= 0.6 is 0 Å². The Kier molecular flexibility index (Phi) is 2.70. The molecule has 0 saturated heterocycles. The molecule has 16 heavy (non-hydrogen) atoms. The van der Waals surface area contributed by atoms with Crippen LogP contribution in [-0.2, 0) is 0 Å². The van der Waals surface area contributed by atoms with Crippen molar-refractivity contribution in [2.75, 3.05) is 13.7 Å². The molecule has 2 rings (SSSR count). The van der Waals surface area contributed by atoms with Gasteiger partial charge in [0, 0.05) is 24.1 Å². The molecule has 0 spiro atoms. The Morgan fingerprint density at radius 1 is 1.62 bits per heavy atom. The number of fused-ring (bicyclic) bond motifs is 1. The van der Waals surface area contributed by atoms with E-state index in [0.29, 0.717) is 24.5 Å². The summed E-state index contributed by atoms with van der Waals surface area (Å²) in [5, 5.41) is 9.02. The van der Waals surface area contributed by atoms with E-state index in [-0.39, 0.29) is 11.6 Å². The highest BCUT2D eigenvalue weighted by Gasteiger charge is 2.23. The van der Waals surface area contributed by atoms with E-state index in [9.17, 15) is 4.79 Å². The Bertz CT molecular complexity index is 430. The van der Waals surface area contributed by atoms with Gasteiger partial charge in [0.2, 0.25) is 0 Å². The van der Waals surface area contributed by atoms with Crippen molar-refractivity contribution in [1.82, 2.24) is 0 Å². The second-order valence-corrected chi connectivity index (χ2v) is 3.64. The molecule has 1 aromatic carbocycles. The smallest absolute Gasteiger partial charge is 0.339 e. The molecule has 1 aliphatic rings. The van der Waals surface area contributed by atoms with E-state index in [1.54, 1.807) is 6.07 Å². The fourth-order valence-corrected chi connectivity index (χ4v) is 1.78. The molecule has 0 aromatic heterocycles. The number of ether oxygens (including phenoxy) is 2. The Hall–Kier alpha value is -1.75. The second kappa shape index (κ2) is 4.02. The highest BCUT2D eigenvalue weighted by Crippen LogP contribution is 2.36. The molecule has 0 bridgehead atoms. The fourth-order valence-electron chi connectivity index (χ4n) is 1.78. The normalized spacial score (nSPS) is 18.5. The van der Waals surface area contributed by atoms with Gasteiger partial charge in [-0.1, -0.05) is 0 Å². The Morgan fingerprint density at radius 2 is 2.38 bits per heavy atom. The average molecular weight is 223 g/mol. The molecule has 1 aromatic rings. The largest absolute Gasteiger partial charge is 0.496 e. The molecule has 1 aliphatic heterocycles. The maximum Gasteiger partial charge on any atom is 0.339 e. The number of nitrogens with two attached hydrogens (primary N) is 1. The van der Waals surface area contributed by atoms with Crippen LogP contribution in [0.4, 0.5) is 0 Å². The van der Waals surface area contributed by atoms with E-state index < -0.39 is 5.97 Å². The van der Waals surface area contributed by atoms with E-state index in [1.807, 2.05) is 0 Å². The van der Waals surface area contributed by atoms with Gasteiger partial charge < -0.3 is 20.3 Å². The molecule has 1 atom stereocenters. The van der Waals surface area contributed by atoms with E-state index in [2.05, 4.69) is 0 Å². The molecule has 1 heterocycles. The third-order valence-electron chi connectivity index (χ3n) is 2.65. The predicted octanol–water partition coefficient (Wildman–Crippen LogP) is 1.18. The number of hydrogen-bond acceptors (Lipinski definition) is 4. The van der Waals surface area contributed by atoms with E-state index in [0.717, 1.165) is 5.56 Å². The Balaban J connectivity index is 2.55. The van der Waals surface area contributed by atoms with Gasteiger partial charge >= 0.3 is 5.97 Å². The highest BCUT2D eigenvalue weighted by atomic mass is 16.5. The second-order valence-electron chi connectivity index (χ2n) is 3.64. The van der Waals surface area contributed by atoms with Crippen LogP contribution in [0.2, 0.25) is 0 Å². The summed E-state index contributed by atoms with van der Waals surface area (Å²) in [4.78, 5) is 11.0. The van der Waals surface area contributed by atoms with Crippen molar-refractivity contribution in [2.45, 2.75) is 12.5 Å². The van der Waals surface area contributed by atoms with Crippen LogP contribution in [0, 0.1) is 0 Å². The van der Waals surface area contributed by atoms with Crippen molar-refractivity contribution < 1.29 is 19.4 Å². The number of carboxylic acid groups (broad SMARTS) is 1. The van der Waals surface area contributed by atoms with Crippen LogP contribution in [0.5, 0.6) is 11.5 Å². The summed E-state index contributed by atoms with van der Waals surface area (Å²) in [5.74, 6) is -0.127. The number of aromatic carboxylic acids is 1. The molecule has 0 radical (unpaired) electrons. The molecular formula is C11H13NO4. The van der Waals surface area contributed by atoms with Crippen LogP contribution in [0.25, 0.3) is 0 Å². The SMILES string of the molecule is COc1cc2c(cc1C(=O)O)[C@H](N)CCO2. The monoisotopic (exact) mass is 223 g/mol. The summed E-state index contributed by atoms with van der Waals surface area (Å²) in [6.45, 7) is 0.545. The van der Waals surface area contributed by atoms with Gasteiger partial charge in [0.1, 0.15) is 17.1 Å². The van der Waals surface area contributed by atoms with E-state index in [4.69, 9.17) is 20.3 Å². The van der Waals surface area contributed by atoms with Gasteiger partial charge in [0.05, 0.1) is 13.7 Å². The van der Waals surface area contributed by atoms with Gasteiger partial charge in [-0.25, -0.2) is 4.79 Å². The molecule has 0 aliphatic carbocycles. The van der Waals surface area contributed by atoms with Crippen molar-refractivity contribution in [1.29, 1.82) is 0 Å². The number of hydrogen-bond donors (Lipinski definition) is 2. The van der Waals surface area contributed by atoms with E-state index >= 15 is 0 Å². The molecular weight excluding hydrogens is 210 g/mol. The van der Waals surface area contributed by atoms with Crippen LogP contribution in [0.1, 0.15) is 28.4 Å². The minimum absolute atomic E-state index is 0.113. The third kappa shape index (κ3) is 1.69. The van der Waals surface area contributed by atoms with Crippen molar-refractivity contribution in [3.8, 4) is 11.5 Å². The molecule has 86 valence electrons. The van der Waals surface area contributed by atoms with Crippen molar-refractivity contribution in [3.63, 3.8) is 0 Å². The topological polar surface area (TPSA) is 81.8 Å². The average Bonchev–Trinajstić information content (AvgIpc) is 2.27. The van der Waals surface area contributed by atoms with Crippen LogP contribution in [0.3, 0.4) is 0 Å². The van der Waals surface area contributed by atoms with E-state index in [1.165, 1.54) is 13.2 Å². The maximum absolute atomic E-state index is 11.0. The van der Waals surface area contributed by atoms with Crippen LogP contribution in [0.15, 0.2) is 12.1 Å². The number of methoxy groups -OCH3 is 1. The number of rotatable bonds is 2. The van der Waals surface area contributed by atoms with Crippen LogP contribution < -0.4 is 15.2 Å². The zero-order valence-electron chi connectivity index (χ0n) is 8.90. The summed E-state index contributed by atoms with van der Waals surface area (Å²) in [7, 11) is 1.43. The van der Waals surface area contributed by atoms with Gasteiger partial charge in [-0.3, -0.25) is 0 Å². The number of benzene rings is 1. The maximum atomic E-state index is 11.0. The Labute approximate surface area is 92.8 Å². The molecule has 0 saturated carbocycles. The Morgan fingerprint density at radius 3 is 3.00 bits per heavy atom. The minimum Gasteiger partial charge on any atom is -0.496 e. The lowest BCUT2D eigenvalue weighted by atomic mass is 9.98. The van der Waals surface area contributed by atoms with Crippen LogP contribution in [-0.4, -0.2) is 24.8 Å². The summed E-state index contributed by atoms with van der Waals surface area (Å²) in [6.07, 6.45) is 0.693. The molecule has 5 heteroatoms. The lowest BCUT2D eigenvalue weighted by Gasteiger charge is -2.24. The van der Waals surface area contributed by atoms with Crippen molar-refractivity contribution in [3.05, 3.63) is 23.3 Å². The summed E-state index contributed by atoms with van der Waals surface area (Å²) < 4.78 is 10.4. The first-order valence-corrected chi connectivity index (χ1v) is 4.97. The van der Waals surface area contributed by atoms with Crippen molar-refractivity contribution >= 4 is 5.97 Å². The first-order valence-electron chi connectivity index (χ1n) is 4.97. The zero-order chi connectivity index (χ0) is 11.7. The molecule has 0 unspecified atom stereocenters.